The molecule has 0 spiro atoms. The zero-order valence-electron chi connectivity index (χ0n) is 14.2. The molecule has 0 radical (unpaired) electrons. The summed E-state index contributed by atoms with van der Waals surface area (Å²) < 4.78 is 0. The largest absolute Gasteiger partial charge is 0.326 e. The molecule has 1 heterocycles. The van der Waals surface area contributed by atoms with E-state index in [1.165, 1.54) is 0 Å². The van der Waals surface area contributed by atoms with Gasteiger partial charge in [0.2, 0.25) is 0 Å². The Bertz CT molecular complexity index is 984. The number of allylic oxidation sites excluding steroid dienone is 1. The fraction of sp³-hybridized carbons (Fsp3) is 0.0909. The Morgan fingerprint density at radius 2 is 1.52 bits per heavy atom. The molecule has 124 valence electrons. The number of aromatic nitrogens is 1. The molecule has 0 unspecified atom stereocenters. The zero-order valence-corrected chi connectivity index (χ0v) is 14.2. The number of carbonyl (C=O) groups is 1. The Morgan fingerprint density at radius 1 is 0.920 bits per heavy atom. The number of carbonyl (C=O) groups excluding carboxylic acids is 1. The highest BCUT2D eigenvalue weighted by molar-refractivity contribution is 6.32. The van der Waals surface area contributed by atoms with Gasteiger partial charge in [-0.05, 0) is 42.7 Å². The average Bonchev–Trinajstić information content (AvgIpc) is 2.60. The first-order chi connectivity index (χ1) is 12.1. The van der Waals surface area contributed by atoms with Crippen LogP contribution in [0.15, 0.2) is 71.5 Å². The van der Waals surface area contributed by atoms with Crippen molar-refractivity contribution in [2.75, 3.05) is 0 Å². The molecule has 0 aliphatic heterocycles. The van der Waals surface area contributed by atoms with Crippen molar-refractivity contribution in [3.05, 3.63) is 105 Å². The summed E-state index contributed by atoms with van der Waals surface area (Å²) in [6, 6.07) is 20.9. The Morgan fingerprint density at radius 3 is 2.12 bits per heavy atom. The van der Waals surface area contributed by atoms with Crippen LogP contribution in [0.1, 0.15) is 32.7 Å². The Labute approximate surface area is 146 Å². The van der Waals surface area contributed by atoms with E-state index >= 15 is 0 Å². The molecule has 0 amide bonds. The summed E-state index contributed by atoms with van der Waals surface area (Å²) >= 11 is 0. The summed E-state index contributed by atoms with van der Waals surface area (Å²) in [5, 5.41) is 0. The van der Waals surface area contributed by atoms with Gasteiger partial charge < -0.3 is 4.98 Å². The van der Waals surface area contributed by atoms with Gasteiger partial charge in [-0.2, -0.15) is 0 Å². The monoisotopic (exact) mass is 329 g/mol. The van der Waals surface area contributed by atoms with Crippen molar-refractivity contribution >= 4 is 17.4 Å². The molecule has 0 bridgehead atoms. The maximum Gasteiger partial charge on any atom is 0.259 e. The molecule has 3 heteroatoms. The molecular formula is C22H19NO2. The second kappa shape index (κ2) is 7.14. The summed E-state index contributed by atoms with van der Waals surface area (Å²) in [7, 11) is 0. The summed E-state index contributed by atoms with van der Waals surface area (Å²) in [6.45, 7) is 3.60. The van der Waals surface area contributed by atoms with E-state index in [1.54, 1.807) is 13.8 Å². The maximum absolute atomic E-state index is 13.2. The highest BCUT2D eigenvalue weighted by Crippen LogP contribution is 2.23. The van der Waals surface area contributed by atoms with E-state index in [1.807, 2.05) is 72.8 Å². The fourth-order valence-corrected chi connectivity index (χ4v) is 2.88. The third kappa shape index (κ3) is 3.66. The second-order valence-electron chi connectivity index (χ2n) is 6.00. The van der Waals surface area contributed by atoms with E-state index in [4.69, 9.17) is 0 Å². The van der Waals surface area contributed by atoms with E-state index in [2.05, 4.69) is 4.98 Å². The predicted molar refractivity (Wildman–Crippen MR) is 102 cm³/mol. The van der Waals surface area contributed by atoms with Gasteiger partial charge >= 0.3 is 0 Å². The average molecular weight is 329 g/mol. The first-order valence-corrected chi connectivity index (χ1v) is 8.13. The van der Waals surface area contributed by atoms with Gasteiger partial charge in [0.05, 0.1) is 5.56 Å². The molecule has 3 aromatic rings. The van der Waals surface area contributed by atoms with Crippen LogP contribution in [0, 0.1) is 13.8 Å². The lowest BCUT2D eigenvalue weighted by atomic mass is 9.93. The van der Waals surface area contributed by atoms with Crippen molar-refractivity contribution in [3.63, 3.8) is 0 Å². The number of hydrogen-bond donors (Lipinski definition) is 1. The van der Waals surface area contributed by atoms with Crippen LogP contribution in [0.2, 0.25) is 0 Å². The Kier molecular flexibility index (Phi) is 4.75. The molecule has 25 heavy (non-hydrogen) atoms. The molecule has 0 fully saturated rings. The molecule has 0 aliphatic rings. The van der Waals surface area contributed by atoms with E-state index in [0.29, 0.717) is 11.1 Å². The SMILES string of the molecule is Cc1cc(C)c(C(=O)C(=Cc2ccccc2)c2ccccc2)c(=O)[nH]1. The van der Waals surface area contributed by atoms with Gasteiger partial charge in [0, 0.05) is 11.3 Å². The second-order valence-corrected chi connectivity index (χ2v) is 6.00. The topological polar surface area (TPSA) is 49.9 Å². The summed E-state index contributed by atoms with van der Waals surface area (Å²) in [6.07, 6.45) is 1.83. The number of aromatic amines is 1. The molecule has 3 nitrogen and oxygen atoms in total. The molecule has 0 aliphatic carbocycles. The number of aryl methyl sites for hydroxylation is 2. The summed E-state index contributed by atoms with van der Waals surface area (Å²) in [5.41, 5.74) is 3.47. The lowest BCUT2D eigenvalue weighted by Crippen LogP contribution is -2.21. The van der Waals surface area contributed by atoms with Crippen molar-refractivity contribution in [3.8, 4) is 0 Å². The van der Waals surface area contributed by atoms with E-state index < -0.39 is 0 Å². The fourth-order valence-electron chi connectivity index (χ4n) is 2.88. The summed E-state index contributed by atoms with van der Waals surface area (Å²) in [4.78, 5) is 28.3. The first-order valence-electron chi connectivity index (χ1n) is 8.13. The number of hydrogen-bond acceptors (Lipinski definition) is 2. The minimum atomic E-state index is -0.350. The highest BCUT2D eigenvalue weighted by Gasteiger charge is 2.20. The van der Waals surface area contributed by atoms with Gasteiger partial charge in [-0.15, -0.1) is 0 Å². The van der Waals surface area contributed by atoms with Gasteiger partial charge in [-0.25, -0.2) is 0 Å². The van der Waals surface area contributed by atoms with Crippen molar-refractivity contribution in [1.82, 2.24) is 4.98 Å². The van der Waals surface area contributed by atoms with E-state index in [9.17, 15) is 9.59 Å². The van der Waals surface area contributed by atoms with Crippen molar-refractivity contribution in [1.29, 1.82) is 0 Å². The molecule has 3 rings (SSSR count). The zero-order chi connectivity index (χ0) is 17.8. The van der Waals surface area contributed by atoms with Crippen LogP contribution < -0.4 is 5.56 Å². The Balaban J connectivity index is 2.18. The van der Waals surface area contributed by atoms with Crippen LogP contribution in [-0.2, 0) is 0 Å². The smallest absolute Gasteiger partial charge is 0.259 e. The van der Waals surface area contributed by atoms with Crippen molar-refractivity contribution in [2.45, 2.75) is 13.8 Å². The Hall–Kier alpha value is -3.20. The molecule has 0 saturated carbocycles. The van der Waals surface area contributed by atoms with E-state index in [0.717, 1.165) is 16.8 Å². The van der Waals surface area contributed by atoms with Gasteiger partial charge in [0.15, 0.2) is 5.78 Å². The number of Topliss-reactive ketones (excluding diaryl/α,β-unsaturated/α-hetero) is 1. The third-order valence-electron chi connectivity index (χ3n) is 4.03. The highest BCUT2D eigenvalue weighted by atomic mass is 16.1. The molecule has 0 saturated heterocycles. The maximum atomic E-state index is 13.2. The lowest BCUT2D eigenvalue weighted by Gasteiger charge is -2.10. The quantitative estimate of drug-likeness (QED) is 0.438. The molecular weight excluding hydrogens is 310 g/mol. The number of pyridine rings is 1. The summed E-state index contributed by atoms with van der Waals surface area (Å²) in [5.74, 6) is -0.270. The van der Waals surface area contributed by atoms with Crippen LogP contribution in [-0.4, -0.2) is 10.8 Å². The van der Waals surface area contributed by atoms with E-state index in [-0.39, 0.29) is 16.9 Å². The number of ketones is 1. The van der Waals surface area contributed by atoms with Gasteiger partial charge in [-0.1, -0.05) is 60.7 Å². The molecule has 1 N–H and O–H groups in total. The lowest BCUT2D eigenvalue weighted by molar-refractivity contribution is 0.105. The number of benzene rings is 2. The molecule has 1 aromatic heterocycles. The van der Waals surface area contributed by atoms with Crippen molar-refractivity contribution < 1.29 is 4.79 Å². The van der Waals surface area contributed by atoms with Crippen molar-refractivity contribution in [2.24, 2.45) is 0 Å². The van der Waals surface area contributed by atoms with Gasteiger partial charge in [0.1, 0.15) is 0 Å². The van der Waals surface area contributed by atoms with Gasteiger partial charge in [0.25, 0.3) is 5.56 Å². The van der Waals surface area contributed by atoms with Crippen LogP contribution in [0.25, 0.3) is 11.6 Å². The normalized spacial score (nSPS) is 11.4. The molecule has 0 atom stereocenters. The van der Waals surface area contributed by atoms with Crippen LogP contribution >= 0.6 is 0 Å². The number of H-pyrrole nitrogens is 1. The third-order valence-corrected chi connectivity index (χ3v) is 4.03. The predicted octanol–water partition coefficient (Wildman–Crippen LogP) is 4.42. The molecule has 2 aromatic carbocycles. The minimum absolute atomic E-state index is 0.191. The number of nitrogens with one attached hydrogen (secondary N) is 1. The first kappa shape index (κ1) is 16.7. The van der Waals surface area contributed by atoms with Crippen LogP contribution in [0.5, 0.6) is 0 Å². The standard InChI is InChI=1S/C22H19NO2/c1-15-13-16(2)23-22(25)20(15)21(24)19(18-11-7-4-8-12-18)14-17-9-5-3-6-10-17/h3-14H,1-2H3,(H,23,25). The van der Waals surface area contributed by atoms with Crippen LogP contribution in [0.3, 0.4) is 0 Å². The minimum Gasteiger partial charge on any atom is -0.326 e. The number of rotatable bonds is 4. The van der Waals surface area contributed by atoms with Crippen LogP contribution in [0.4, 0.5) is 0 Å². The van der Waals surface area contributed by atoms with Gasteiger partial charge in [-0.3, -0.25) is 9.59 Å².